The molecule has 0 aromatic heterocycles. The van der Waals surface area contributed by atoms with E-state index < -0.39 is 5.54 Å². The highest BCUT2D eigenvalue weighted by Gasteiger charge is 2.49. The molecule has 3 aliphatic heterocycles. The largest absolute Gasteiger partial charge is 0.468 e. The molecular formula is C15H13N3O2. The number of benzene rings is 1. The Labute approximate surface area is 116 Å². The number of dihydropyridines is 1. The molecule has 0 radical (unpaired) electrons. The number of aliphatic imine (C=N–C) groups is 2. The Morgan fingerprint density at radius 1 is 1.25 bits per heavy atom. The van der Waals surface area contributed by atoms with Crippen molar-refractivity contribution in [1.82, 2.24) is 0 Å². The number of hydrogen-bond acceptors (Lipinski definition) is 5. The molecule has 0 saturated carbocycles. The molecule has 4 rings (SSSR count). The van der Waals surface area contributed by atoms with Gasteiger partial charge >= 0.3 is 0 Å². The summed E-state index contributed by atoms with van der Waals surface area (Å²) in [4.78, 5) is 8.99. The summed E-state index contributed by atoms with van der Waals surface area (Å²) in [6, 6.07) is 7.99. The molecule has 1 aromatic rings. The molecule has 3 aliphatic rings. The molecule has 2 N–H and O–H groups in total. The van der Waals surface area contributed by atoms with E-state index >= 15 is 0 Å². The van der Waals surface area contributed by atoms with Gasteiger partial charge in [0.05, 0.1) is 12.2 Å². The second kappa shape index (κ2) is 3.96. The average Bonchev–Trinajstić information content (AvgIpc) is 2.48. The molecule has 0 aliphatic carbocycles. The van der Waals surface area contributed by atoms with Crippen molar-refractivity contribution >= 4 is 12.2 Å². The Bertz CT molecular complexity index is 677. The summed E-state index contributed by atoms with van der Waals surface area (Å²) in [5, 5.41) is 0. The molecule has 0 amide bonds. The molecule has 3 heterocycles. The van der Waals surface area contributed by atoms with Gasteiger partial charge in [0.25, 0.3) is 6.02 Å². The van der Waals surface area contributed by atoms with Crippen LogP contribution in [-0.4, -0.2) is 18.5 Å². The van der Waals surface area contributed by atoms with E-state index in [9.17, 15) is 0 Å². The van der Waals surface area contributed by atoms with Crippen LogP contribution in [0.3, 0.4) is 0 Å². The van der Waals surface area contributed by atoms with Crippen molar-refractivity contribution in [3.8, 4) is 5.75 Å². The maximum atomic E-state index is 5.96. The van der Waals surface area contributed by atoms with Gasteiger partial charge in [0.2, 0.25) is 0 Å². The first-order valence-corrected chi connectivity index (χ1v) is 6.45. The summed E-state index contributed by atoms with van der Waals surface area (Å²) in [7, 11) is 0. The normalized spacial score (nSPS) is 32.9. The van der Waals surface area contributed by atoms with Gasteiger partial charge in [0.1, 0.15) is 11.3 Å². The van der Waals surface area contributed by atoms with Crippen molar-refractivity contribution in [2.75, 3.05) is 0 Å². The van der Waals surface area contributed by atoms with Gasteiger partial charge in [-0.05, 0) is 18.2 Å². The van der Waals surface area contributed by atoms with E-state index in [-0.39, 0.29) is 18.2 Å². The van der Waals surface area contributed by atoms with E-state index in [4.69, 9.17) is 15.2 Å². The fourth-order valence-corrected chi connectivity index (χ4v) is 2.96. The van der Waals surface area contributed by atoms with Gasteiger partial charge in [-0.1, -0.05) is 24.3 Å². The Morgan fingerprint density at radius 3 is 3.05 bits per heavy atom. The summed E-state index contributed by atoms with van der Waals surface area (Å²) in [5.74, 6) is 0.741. The van der Waals surface area contributed by atoms with E-state index in [2.05, 4.69) is 16.1 Å². The first-order chi connectivity index (χ1) is 9.79. The van der Waals surface area contributed by atoms with Gasteiger partial charge in [-0.25, -0.2) is 9.98 Å². The van der Waals surface area contributed by atoms with Gasteiger partial charge in [-0.15, -0.1) is 0 Å². The first kappa shape index (κ1) is 11.3. The van der Waals surface area contributed by atoms with Crippen LogP contribution in [0.15, 0.2) is 58.7 Å². The number of amidine groups is 1. The second-order valence-electron chi connectivity index (χ2n) is 4.91. The molecule has 0 fully saturated rings. The lowest BCUT2D eigenvalue weighted by molar-refractivity contribution is 0.0977. The Balaban J connectivity index is 1.98. The summed E-state index contributed by atoms with van der Waals surface area (Å²) in [6.45, 7) is 0. The predicted molar refractivity (Wildman–Crippen MR) is 75.5 cm³/mol. The number of fused-ring (bicyclic) bond motifs is 4. The van der Waals surface area contributed by atoms with Crippen molar-refractivity contribution < 1.29 is 9.47 Å². The average molecular weight is 267 g/mol. The molecule has 5 nitrogen and oxygen atoms in total. The highest BCUT2D eigenvalue weighted by Crippen LogP contribution is 2.49. The van der Waals surface area contributed by atoms with Crippen LogP contribution in [0.2, 0.25) is 0 Å². The van der Waals surface area contributed by atoms with E-state index in [0.29, 0.717) is 0 Å². The Hall–Kier alpha value is -2.56. The molecule has 3 atom stereocenters. The zero-order chi connectivity index (χ0) is 13.6. The summed E-state index contributed by atoms with van der Waals surface area (Å²) < 4.78 is 11.1. The minimum atomic E-state index is -0.615. The van der Waals surface area contributed by atoms with E-state index in [1.165, 1.54) is 0 Å². The molecule has 1 spiro atoms. The number of hydrogen-bond donors (Lipinski definition) is 1. The van der Waals surface area contributed by atoms with Gasteiger partial charge in [-0.3, -0.25) is 0 Å². The molecule has 0 bridgehead atoms. The number of ether oxygens (including phenoxy) is 2. The van der Waals surface area contributed by atoms with Gasteiger partial charge in [0.15, 0.2) is 6.23 Å². The van der Waals surface area contributed by atoms with Crippen molar-refractivity contribution in [3.05, 3.63) is 54.3 Å². The van der Waals surface area contributed by atoms with Crippen LogP contribution in [0.25, 0.3) is 0 Å². The fourth-order valence-electron chi connectivity index (χ4n) is 2.96. The molecule has 5 heteroatoms. The fraction of sp³-hybridized carbons (Fsp3) is 0.200. The summed E-state index contributed by atoms with van der Waals surface area (Å²) in [5.41, 5.74) is 6.15. The van der Waals surface area contributed by atoms with Crippen LogP contribution in [0, 0.1) is 5.92 Å². The minimum absolute atomic E-state index is 0.0406. The lowest BCUT2D eigenvalue weighted by Gasteiger charge is -2.43. The highest BCUT2D eigenvalue weighted by molar-refractivity contribution is 5.76. The van der Waals surface area contributed by atoms with Crippen LogP contribution in [0.1, 0.15) is 5.56 Å². The van der Waals surface area contributed by atoms with E-state index in [1.807, 2.05) is 36.4 Å². The Morgan fingerprint density at radius 2 is 2.15 bits per heavy atom. The molecular weight excluding hydrogens is 254 g/mol. The molecule has 100 valence electrons. The van der Waals surface area contributed by atoms with Gasteiger partial charge < -0.3 is 15.2 Å². The number of nitrogens with zero attached hydrogens (tertiary/aromatic N) is 2. The maximum Gasteiger partial charge on any atom is 0.288 e. The number of rotatable bonds is 0. The summed E-state index contributed by atoms with van der Waals surface area (Å²) >= 11 is 0. The molecule has 3 unspecified atom stereocenters. The minimum Gasteiger partial charge on any atom is -0.468 e. The van der Waals surface area contributed by atoms with Gasteiger partial charge in [-0.2, -0.15) is 0 Å². The first-order valence-electron chi connectivity index (χ1n) is 6.45. The third-order valence-corrected chi connectivity index (χ3v) is 3.83. The topological polar surface area (TPSA) is 69.2 Å². The zero-order valence-corrected chi connectivity index (χ0v) is 10.6. The molecule has 20 heavy (non-hydrogen) atoms. The highest BCUT2D eigenvalue weighted by atomic mass is 16.5. The van der Waals surface area contributed by atoms with Gasteiger partial charge in [0, 0.05) is 11.8 Å². The number of nitrogens with two attached hydrogens (primary N) is 1. The zero-order valence-electron chi connectivity index (χ0n) is 10.6. The van der Waals surface area contributed by atoms with Crippen LogP contribution >= 0.6 is 0 Å². The van der Waals surface area contributed by atoms with Crippen LogP contribution in [0.4, 0.5) is 0 Å². The number of allylic oxidation sites excluding steroid dienone is 1. The van der Waals surface area contributed by atoms with E-state index in [1.54, 1.807) is 12.5 Å². The Kier molecular flexibility index (Phi) is 2.24. The second-order valence-corrected chi connectivity index (χ2v) is 4.91. The lowest BCUT2D eigenvalue weighted by atomic mass is 9.74. The van der Waals surface area contributed by atoms with Crippen molar-refractivity contribution in [2.45, 2.75) is 11.8 Å². The molecule has 1 aromatic carbocycles. The smallest absolute Gasteiger partial charge is 0.288 e. The van der Waals surface area contributed by atoms with Crippen molar-refractivity contribution in [3.63, 3.8) is 0 Å². The third kappa shape index (κ3) is 1.43. The number of para-hydroxylation sites is 1. The van der Waals surface area contributed by atoms with E-state index in [0.717, 1.165) is 11.3 Å². The molecule has 0 saturated heterocycles. The summed E-state index contributed by atoms with van der Waals surface area (Å²) in [6.07, 6.45) is 8.93. The lowest BCUT2D eigenvalue weighted by Crippen LogP contribution is -2.47. The van der Waals surface area contributed by atoms with Crippen molar-refractivity contribution in [1.29, 1.82) is 0 Å². The monoisotopic (exact) mass is 267 g/mol. The van der Waals surface area contributed by atoms with Crippen molar-refractivity contribution in [2.24, 2.45) is 21.6 Å². The maximum absolute atomic E-state index is 5.96. The predicted octanol–water partition coefficient (Wildman–Crippen LogP) is 1.72. The SMILES string of the molecule is NC1=NC2(C=CO1)c1ccccc1OC1N=CC=CC12. The van der Waals surface area contributed by atoms with Crippen LogP contribution < -0.4 is 10.5 Å². The van der Waals surface area contributed by atoms with Crippen LogP contribution in [0.5, 0.6) is 5.75 Å². The third-order valence-electron chi connectivity index (χ3n) is 3.83. The quantitative estimate of drug-likeness (QED) is 0.778. The van der Waals surface area contributed by atoms with Crippen LogP contribution in [-0.2, 0) is 10.3 Å². The standard InChI is InChI=1S/C15H13N3O2/c16-14-18-15(7-9-19-14)10-4-1-2-6-12(10)20-13-11(15)5-3-8-17-13/h1-9,11,13H,(H2,16,18).